The zero-order chi connectivity index (χ0) is 10.1. The lowest BCUT2D eigenvalue weighted by Gasteiger charge is -2.04. The predicted octanol–water partition coefficient (Wildman–Crippen LogP) is 2.07. The van der Waals surface area contributed by atoms with E-state index in [-0.39, 0.29) is 0 Å². The average Bonchev–Trinajstić information content (AvgIpc) is 2.87. The van der Waals surface area contributed by atoms with E-state index in [1.54, 1.807) is 0 Å². The smallest absolute Gasteiger partial charge is 0.231 e. The zero-order valence-electron chi connectivity index (χ0n) is 8.14. The predicted molar refractivity (Wildman–Crippen MR) is 54.9 cm³/mol. The second-order valence-electron chi connectivity index (χ2n) is 3.47. The highest BCUT2D eigenvalue weighted by Gasteiger charge is 2.12. The molecule has 3 rings (SSSR count). The van der Waals surface area contributed by atoms with Gasteiger partial charge in [-0.25, -0.2) is 0 Å². The van der Waals surface area contributed by atoms with E-state index in [0.717, 1.165) is 18.0 Å². The number of aromatic nitrogens is 1. The summed E-state index contributed by atoms with van der Waals surface area (Å²) in [5.41, 5.74) is 1.20. The minimum atomic E-state index is 0.329. The number of benzene rings is 1. The van der Waals surface area contributed by atoms with Crippen LogP contribution in [0.5, 0.6) is 11.5 Å². The molecule has 0 saturated heterocycles. The molecule has 2 heterocycles. The molecule has 1 aromatic carbocycles. The van der Waals surface area contributed by atoms with E-state index in [4.69, 9.17) is 9.47 Å². The largest absolute Gasteiger partial charge is 0.454 e. The maximum Gasteiger partial charge on any atom is 0.231 e. The Morgan fingerprint density at radius 2 is 2.20 bits per heavy atom. The lowest BCUT2D eigenvalue weighted by atomic mass is 10.2. The first-order valence-electron chi connectivity index (χ1n) is 4.82. The van der Waals surface area contributed by atoms with Gasteiger partial charge in [-0.05, 0) is 23.8 Å². The van der Waals surface area contributed by atoms with Crippen molar-refractivity contribution in [2.45, 2.75) is 6.54 Å². The Balaban J connectivity index is 1.87. The van der Waals surface area contributed by atoms with Crippen molar-refractivity contribution in [3.8, 4) is 11.5 Å². The van der Waals surface area contributed by atoms with Crippen LogP contribution in [0.4, 0.5) is 0 Å². The van der Waals surface area contributed by atoms with Gasteiger partial charge in [0.25, 0.3) is 0 Å². The topological polar surface area (TPSA) is 23.4 Å². The van der Waals surface area contributed by atoms with Gasteiger partial charge < -0.3 is 14.0 Å². The SMILES string of the molecule is [c]1ccn(Cc2ccc3c(c2)OCO3)c1. The van der Waals surface area contributed by atoms with Gasteiger partial charge in [0.15, 0.2) is 11.5 Å². The summed E-state index contributed by atoms with van der Waals surface area (Å²) in [7, 11) is 0. The van der Waals surface area contributed by atoms with Gasteiger partial charge in [-0.2, -0.15) is 0 Å². The van der Waals surface area contributed by atoms with Crippen molar-refractivity contribution < 1.29 is 9.47 Å². The highest BCUT2D eigenvalue weighted by atomic mass is 16.7. The number of nitrogens with zero attached hydrogens (tertiary/aromatic N) is 1. The maximum absolute atomic E-state index is 5.32. The molecule has 0 spiro atoms. The van der Waals surface area contributed by atoms with Crippen LogP contribution in [0, 0.1) is 6.07 Å². The van der Waals surface area contributed by atoms with Gasteiger partial charge in [-0.3, -0.25) is 0 Å². The summed E-state index contributed by atoms with van der Waals surface area (Å²) < 4.78 is 12.6. The molecule has 75 valence electrons. The van der Waals surface area contributed by atoms with Gasteiger partial charge >= 0.3 is 0 Å². The Labute approximate surface area is 87.9 Å². The van der Waals surface area contributed by atoms with Crippen LogP contribution in [0.2, 0.25) is 0 Å². The number of ether oxygens (including phenoxy) is 2. The Hall–Kier alpha value is -1.90. The minimum absolute atomic E-state index is 0.329. The van der Waals surface area contributed by atoms with E-state index in [1.165, 1.54) is 5.56 Å². The molecule has 2 aromatic rings. The van der Waals surface area contributed by atoms with E-state index in [2.05, 4.69) is 10.6 Å². The Kier molecular flexibility index (Phi) is 1.88. The Bertz CT molecular complexity index is 462. The lowest BCUT2D eigenvalue weighted by Crippen LogP contribution is -1.95. The van der Waals surface area contributed by atoms with Crippen LogP contribution >= 0.6 is 0 Å². The van der Waals surface area contributed by atoms with E-state index in [0.29, 0.717) is 6.79 Å². The number of rotatable bonds is 2. The summed E-state index contributed by atoms with van der Waals surface area (Å²) in [5.74, 6) is 1.67. The number of hydrogen-bond donors (Lipinski definition) is 0. The zero-order valence-corrected chi connectivity index (χ0v) is 8.14. The molecule has 3 heteroatoms. The van der Waals surface area contributed by atoms with E-state index >= 15 is 0 Å². The van der Waals surface area contributed by atoms with E-state index in [1.807, 2.05) is 36.7 Å². The molecule has 0 saturated carbocycles. The molecule has 1 aliphatic heterocycles. The minimum Gasteiger partial charge on any atom is -0.454 e. The molecular formula is C12H10NO2. The van der Waals surface area contributed by atoms with Crippen molar-refractivity contribution in [3.05, 3.63) is 48.3 Å². The molecule has 3 nitrogen and oxygen atoms in total. The van der Waals surface area contributed by atoms with Crippen LogP contribution in [-0.4, -0.2) is 11.4 Å². The van der Waals surface area contributed by atoms with Crippen molar-refractivity contribution in [2.75, 3.05) is 6.79 Å². The first-order chi connectivity index (χ1) is 7.42. The van der Waals surface area contributed by atoms with E-state index < -0.39 is 0 Å². The molecule has 0 amide bonds. The van der Waals surface area contributed by atoms with Crippen LogP contribution in [-0.2, 0) is 6.54 Å². The molecule has 0 aliphatic carbocycles. The van der Waals surface area contributed by atoms with Crippen molar-refractivity contribution in [1.82, 2.24) is 4.57 Å². The van der Waals surface area contributed by atoms with Crippen LogP contribution in [0.15, 0.2) is 36.7 Å². The van der Waals surface area contributed by atoms with Gasteiger partial charge in [0.1, 0.15) is 0 Å². The van der Waals surface area contributed by atoms with Gasteiger partial charge in [0.2, 0.25) is 6.79 Å². The molecule has 15 heavy (non-hydrogen) atoms. The molecule has 1 aliphatic rings. The van der Waals surface area contributed by atoms with Gasteiger partial charge in [-0.15, -0.1) is 0 Å². The molecule has 0 fully saturated rings. The third-order valence-electron chi connectivity index (χ3n) is 2.40. The third-order valence-corrected chi connectivity index (χ3v) is 2.40. The second kappa shape index (κ2) is 3.35. The fourth-order valence-electron chi connectivity index (χ4n) is 1.67. The van der Waals surface area contributed by atoms with E-state index in [9.17, 15) is 0 Å². The summed E-state index contributed by atoms with van der Waals surface area (Å²) in [5, 5.41) is 0. The molecule has 0 bridgehead atoms. The van der Waals surface area contributed by atoms with Gasteiger partial charge in [0, 0.05) is 25.0 Å². The fraction of sp³-hybridized carbons (Fsp3) is 0.167. The summed E-state index contributed by atoms with van der Waals surface area (Å²) in [6.07, 6.45) is 3.91. The van der Waals surface area contributed by atoms with Crippen LogP contribution in [0.1, 0.15) is 5.56 Å². The fourth-order valence-corrected chi connectivity index (χ4v) is 1.67. The molecule has 1 aromatic heterocycles. The highest BCUT2D eigenvalue weighted by Crippen LogP contribution is 2.32. The Morgan fingerprint density at radius 3 is 3.07 bits per heavy atom. The average molecular weight is 200 g/mol. The summed E-state index contributed by atoms with van der Waals surface area (Å²) >= 11 is 0. The first-order valence-corrected chi connectivity index (χ1v) is 4.82. The van der Waals surface area contributed by atoms with Crippen molar-refractivity contribution in [1.29, 1.82) is 0 Å². The third kappa shape index (κ3) is 1.56. The lowest BCUT2D eigenvalue weighted by molar-refractivity contribution is 0.174. The van der Waals surface area contributed by atoms with Gasteiger partial charge in [-0.1, -0.05) is 6.07 Å². The normalized spacial score (nSPS) is 13.1. The van der Waals surface area contributed by atoms with Crippen LogP contribution < -0.4 is 9.47 Å². The van der Waals surface area contributed by atoms with Crippen LogP contribution in [0.25, 0.3) is 0 Å². The van der Waals surface area contributed by atoms with Crippen LogP contribution in [0.3, 0.4) is 0 Å². The number of hydrogen-bond acceptors (Lipinski definition) is 2. The van der Waals surface area contributed by atoms with Crippen molar-refractivity contribution >= 4 is 0 Å². The first kappa shape index (κ1) is 8.41. The second-order valence-corrected chi connectivity index (χ2v) is 3.47. The molecular weight excluding hydrogens is 190 g/mol. The summed E-state index contributed by atoms with van der Waals surface area (Å²) in [4.78, 5) is 0. The maximum atomic E-state index is 5.32. The summed E-state index contributed by atoms with van der Waals surface area (Å²) in [6.45, 7) is 1.16. The van der Waals surface area contributed by atoms with Crippen molar-refractivity contribution in [3.63, 3.8) is 0 Å². The molecule has 1 radical (unpaired) electrons. The monoisotopic (exact) mass is 200 g/mol. The van der Waals surface area contributed by atoms with Gasteiger partial charge in [0.05, 0.1) is 0 Å². The number of fused-ring (bicyclic) bond motifs is 1. The van der Waals surface area contributed by atoms with Crippen molar-refractivity contribution in [2.24, 2.45) is 0 Å². The summed E-state index contributed by atoms with van der Waals surface area (Å²) in [6, 6.07) is 10.9. The molecule has 0 unspecified atom stereocenters. The molecule has 0 atom stereocenters. The standard InChI is InChI=1S/C12H10NO2/c1-2-6-13(5-1)8-10-3-4-11-12(7-10)15-9-14-11/h1,3-7H,8-9H2. The Morgan fingerprint density at radius 1 is 1.27 bits per heavy atom. The quantitative estimate of drug-likeness (QED) is 0.740. The highest BCUT2D eigenvalue weighted by molar-refractivity contribution is 5.44. The molecule has 0 N–H and O–H groups in total.